The van der Waals surface area contributed by atoms with Crippen LogP contribution >= 0.6 is 0 Å². The summed E-state index contributed by atoms with van der Waals surface area (Å²) >= 11 is 0. The molecule has 2 rings (SSSR count). The van der Waals surface area contributed by atoms with E-state index >= 15 is 0 Å². The largest absolute Gasteiger partial charge is 0.478 e. The number of nitrogens with one attached hydrogen (secondary N) is 1. The first kappa shape index (κ1) is 13.3. The molecule has 2 aromatic rings. The van der Waals surface area contributed by atoms with Gasteiger partial charge in [-0.25, -0.2) is 9.97 Å². The van der Waals surface area contributed by atoms with Gasteiger partial charge >= 0.3 is 0 Å². The second-order valence-electron chi connectivity index (χ2n) is 4.15. The summed E-state index contributed by atoms with van der Waals surface area (Å²) < 4.78 is 5.54. The monoisotopic (exact) mass is 258 g/mol. The fourth-order valence-corrected chi connectivity index (χ4v) is 1.53. The standard InChI is InChI=1S/C14H18N4O/c1-2-3-8-19-14-9-13(17-11-18-14)16-10-12-4-6-15-7-5-12/h4-7,9,11H,2-3,8,10H2,1H3,(H,16,17,18). The molecule has 100 valence electrons. The van der Waals surface area contributed by atoms with Gasteiger partial charge in [-0.2, -0.15) is 0 Å². The lowest BCUT2D eigenvalue weighted by molar-refractivity contribution is 0.297. The molecule has 5 heteroatoms. The van der Waals surface area contributed by atoms with Crippen LogP contribution in [-0.2, 0) is 6.54 Å². The molecule has 0 aliphatic heterocycles. The molecule has 0 aliphatic carbocycles. The van der Waals surface area contributed by atoms with Gasteiger partial charge < -0.3 is 10.1 Å². The molecular weight excluding hydrogens is 240 g/mol. The predicted octanol–water partition coefficient (Wildman–Crippen LogP) is 2.66. The first-order chi connectivity index (χ1) is 9.38. The smallest absolute Gasteiger partial charge is 0.218 e. The number of ether oxygens (including phenoxy) is 1. The lowest BCUT2D eigenvalue weighted by Gasteiger charge is -2.07. The van der Waals surface area contributed by atoms with Gasteiger partial charge in [-0.15, -0.1) is 0 Å². The number of unbranched alkanes of at least 4 members (excludes halogenated alkanes) is 1. The van der Waals surface area contributed by atoms with Crippen molar-refractivity contribution in [3.8, 4) is 5.88 Å². The van der Waals surface area contributed by atoms with E-state index in [1.807, 2.05) is 18.2 Å². The van der Waals surface area contributed by atoms with Gasteiger partial charge in [-0.05, 0) is 24.1 Å². The van der Waals surface area contributed by atoms with E-state index in [4.69, 9.17) is 4.74 Å². The van der Waals surface area contributed by atoms with Crippen molar-refractivity contribution in [3.63, 3.8) is 0 Å². The second kappa shape index (κ2) is 7.31. The van der Waals surface area contributed by atoms with Crippen LogP contribution in [0.25, 0.3) is 0 Å². The Bertz CT molecular complexity index is 490. The Kier molecular flexibility index (Phi) is 5.10. The van der Waals surface area contributed by atoms with Crippen molar-refractivity contribution in [2.75, 3.05) is 11.9 Å². The van der Waals surface area contributed by atoms with E-state index in [2.05, 4.69) is 27.2 Å². The van der Waals surface area contributed by atoms with Crippen LogP contribution in [0.2, 0.25) is 0 Å². The van der Waals surface area contributed by atoms with Crippen LogP contribution < -0.4 is 10.1 Å². The molecule has 1 N–H and O–H groups in total. The van der Waals surface area contributed by atoms with E-state index in [1.165, 1.54) is 6.33 Å². The summed E-state index contributed by atoms with van der Waals surface area (Å²) in [6, 6.07) is 5.75. The minimum atomic E-state index is 0.612. The van der Waals surface area contributed by atoms with Crippen molar-refractivity contribution in [1.82, 2.24) is 15.0 Å². The average molecular weight is 258 g/mol. The van der Waals surface area contributed by atoms with Gasteiger partial charge in [-0.1, -0.05) is 13.3 Å². The molecule has 0 radical (unpaired) electrons. The third kappa shape index (κ3) is 4.54. The molecule has 0 aliphatic rings. The first-order valence-corrected chi connectivity index (χ1v) is 6.46. The van der Waals surface area contributed by atoms with Crippen molar-refractivity contribution >= 4 is 5.82 Å². The van der Waals surface area contributed by atoms with E-state index in [9.17, 15) is 0 Å². The predicted molar refractivity (Wildman–Crippen MR) is 74.0 cm³/mol. The molecule has 0 unspecified atom stereocenters. The number of hydrogen-bond acceptors (Lipinski definition) is 5. The molecule has 2 aromatic heterocycles. The zero-order chi connectivity index (χ0) is 13.3. The van der Waals surface area contributed by atoms with Crippen LogP contribution in [0.4, 0.5) is 5.82 Å². The number of nitrogens with zero attached hydrogens (tertiary/aromatic N) is 3. The minimum Gasteiger partial charge on any atom is -0.478 e. The SMILES string of the molecule is CCCCOc1cc(NCc2ccncc2)ncn1. The Labute approximate surface area is 113 Å². The normalized spacial score (nSPS) is 10.2. The van der Waals surface area contributed by atoms with Crippen LogP contribution in [0.5, 0.6) is 5.88 Å². The van der Waals surface area contributed by atoms with Crippen molar-refractivity contribution in [2.45, 2.75) is 26.3 Å². The summed E-state index contributed by atoms with van der Waals surface area (Å²) in [5, 5.41) is 3.23. The minimum absolute atomic E-state index is 0.612. The Morgan fingerprint density at radius 1 is 1.21 bits per heavy atom. The van der Waals surface area contributed by atoms with E-state index in [0.717, 1.165) is 24.2 Å². The summed E-state index contributed by atoms with van der Waals surface area (Å²) in [5.74, 6) is 1.37. The molecule has 0 saturated carbocycles. The zero-order valence-corrected chi connectivity index (χ0v) is 11.0. The van der Waals surface area contributed by atoms with Gasteiger partial charge in [0.25, 0.3) is 0 Å². The van der Waals surface area contributed by atoms with Crippen LogP contribution in [-0.4, -0.2) is 21.6 Å². The molecule has 0 atom stereocenters. The number of aromatic nitrogens is 3. The summed E-state index contributed by atoms with van der Waals surface area (Å²) in [6.45, 7) is 3.52. The van der Waals surface area contributed by atoms with Gasteiger partial charge in [0.05, 0.1) is 6.61 Å². The maximum absolute atomic E-state index is 5.54. The fraction of sp³-hybridized carbons (Fsp3) is 0.357. The van der Waals surface area contributed by atoms with Crippen LogP contribution in [0.15, 0.2) is 36.9 Å². The maximum atomic E-state index is 5.54. The van der Waals surface area contributed by atoms with Crippen molar-refractivity contribution < 1.29 is 4.74 Å². The molecular formula is C14H18N4O. The topological polar surface area (TPSA) is 59.9 Å². The van der Waals surface area contributed by atoms with Gasteiger partial charge in [-0.3, -0.25) is 4.98 Å². The highest BCUT2D eigenvalue weighted by Crippen LogP contribution is 2.12. The Morgan fingerprint density at radius 3 is 2.84 bits per heavy atom. The Balaban J connectivity index is 1.88. The van der Waals surface area contributed by atoms with Crippen LogP contribution in [0, 0.1) is 0 Å². The van der Waals surface area contributed by atoms with E-state index in [0.29, 0.717) is 19.0 Å². The van der Waals surface area contributed by atoms with Crippen molar-refractivity contribution in [3.05, 3.63) is 42.5 Å². The number of anilines is 1. The lowest BCUT2D eigenvalue weighted by atomic mass is 10.3. The fourth-order valence-electron chi connectivity index (χ4n) is 1.53. The number of hydrogen-bond donors (Lipinski definition) is 1. The van der Waals surface area contributed by atoms with E-state index < -0.39 is 0 Å². The number of pyridine rings is 1. The molecule has 2 heterocycles. The summed E-state index contributed by atoms with van der Waals surface area (Å²) in [5.41, 5.74) is 1.15. The van der Waals surface area contributed by atoms with Crippen molar-refractivity contribution in [1.29, 1.82) is 0 Å². The molecule has 0 saturated heterocycles. The molecule has 0 amide bonds. The zero-order valence-electron chi connectivity index (χ0n) is 11.0. The molecule has 5 nitrogen and oxygen atoms in total. The summed E-state index contributed by atoms with van der Waals surface area (Å²) in [6.07, 6.45) is 7.20. The van der Waals surface area contributed by atoms with Gasteiger partial charge in [0.1, 0.15) is 12.1 Å². The lowest BCUT2D eigenvalue weighted by Crippen LogP contribution is -2.04. The van der Waals surface area contributed by atoms with E-state index in [-0.39, 0.29) is 0 Å². The van der Waals surface area contributed by atoms with Crippen molar-refractivity contribution in [2.24, 2.45) is 0 Å². The van der Waals surface area contributed by atoms with Crippen LogP contribution in [0.1, 0.15) is 25.3 Å². The molecule has 0 spiro atoms. The molecule has 0 fully saturated rings. The second-order valence-corrected chi connectivity index (χ2v) is 4.15. The highest BCUT2D eigenvalue weighted by Gasteiger charge is 1.99. The Morgan fingerprint density at radius 2 is 2.05 bits per heavy atom. The van der Waals surface area contributed by atoms with Gasteiger partial charge in [0, 0.05) is 25.0 Å². The quantitative estimate of drug-likeness (QED) is 0.774. The first-order valence-electron chi connectivity index (χ1n) is 6.46. The molecule has 0 aromatic carbocycles. The summed E-state index contributed by atoms with van der Waals surface area (Å²) in [7, 11) is 0. The van der Waals surface area contributed by atoms with Gasteiger partial charge in [0.15, 0.2) is 0 Å². The molecule has 19 heavy (non-hydrogen) atoms. The number of rotatable bonds is 7. The average Bonchev–Trinajstić information content (AvgIpc) is 2.47. The third-order valence-electron chi connectivity index (χ3n) is 2.61. The highest BCUT2D eigenvalue weighted by atomic mass is 16.5. The third-order valence-corrected chi connectivity index (χ3v) is 2.61. The van der Waals surface area contributed by atoms with E-state index in [1.54, 1.807) is 12.4 Å². The highest BCUT2D eigenvalue weighted by molar-refractivity contribution is 5.37. The van der Waals surface area contributed by atoms with Gasteiger partial charge in [0.2, 0.25) is 5.88 Å². The summed E-state index contributed by atoms with van der Waals surface area (Å²) in [4.78, 5) is 12.2. The van der Waals surface area contributed by atoms with Crippen LogP contribution in [0.3, 0.4) is 0 Å². The Hall–Kier alpha value is -2.17. The molecule has 0 bridgehead atoms. The maximum Gasteiger partial charge on any atom is 0.218 e.